The van der Waals surface area contributed by atoms with Crippen molar-refractivity contribution in [3.8, 4) is 5.75 Å². The van der Waals surface area contributed by atoms with E-state index in [0.29, 0.717) is 31.1 Å². The molecule has 0 saturated carbocycles. The van der Waals surface area contributed by atoms with Gasteiger partial charge in [0.15, 0.2) is 0 Å². The van der Waals surface area contributed by atoms with Crippen LogP contribution in [-0.4, -0.2) is 36.5 Å². The number of nitrogens with zero attached hydrogens (tertiary/aromatic N) is 1. The molecule has 3 aromatic rings. The Balaban J connectivity index is 1.78. The van der Waals surface area contributed by atoms with Crippen molar-refractivity contribution in [1.82, 2.24) is 4.90 Å². The first-order valence-electron chi connectivity index (χ1n) is 11.0. The molecule has 0 bridgehead atoms. The average molecular weight is 510 g/mol. The number of amides is 1. The minimum absolute atomic E-state index is 0.130. The highest BCUT2D eigenvalue weighted by Crippen LogP contribution is 2.26. The van der Waals surface area contributed by atoms with Crippen molar-refractivity contribution in [2.75, 3.05) is 19.8 Å². The third kappa shape index (κ3) is 7.75. The lowest BCUT2D eigenvalue weighted by atomic mass is 10.1. The van der Waals surface area contributed by atoms with Crippen LogP contribution in [-0.2, 0) is 22.5 Å². The molecule has 33 heavy (non-hydrogen) atoms. The molecule has 0 aliphatic heterocycles. The summed E-state index contributed by atoms with van der Waals surface area (Å²) in [6.45, 7) is 3.17. The molecule has 5 nitrogen and oxygen atoms in total. The molecule has 0 aromatic heterocycles. The molecule has 0 saturated heterocycles. The molecule has 3 rings (SSSR count). The summed E-state index contributed by atoms with van der Waals surface area (Å²) >= 11 is 3.47. The van der Waals surface area contributed by atoms with Gasteiger partial charge in [0.05, 0.1) is 25.2 Å². The molecule has 0 aliphatic carbocycles. The monoisotopic (exact) mass is 509 g/mol. The van der Waals surface area contributed by atoms with Gasteiger partial charge in [0.25, 0.3) is 5.91 Å². The summed E-state index contributed by atoms with van der Waals surface area (Å²) in [7, 11) is 0. The summed E-state index contributed by atoms with van der Waals surface area (Å²) in [6.07, 6.45) is 0.867. The number of benzene rings is 3. The first-order chi connectivity index (χ1) is 16.1. The van der Waals surface area contributed by atoms with E-state index < -0.39 is 0 Å². The first-order valence-corrected chi connectivity index (χ1v) is 11.8. The Kier molecular flexibility index (Phi) is 9.51. The van der Waals surface area contributed by atoms with Gasteiger partial charge in [-0.2, -0.15) is 0 Å². The van der Waals surface area contributed by atoms with Crippen molar-refractivity contribution in [3.05, 3.63) is 100 Å². The van der Waals surface area contributed by atoms with E-state index in [2.05, 4.69) is 15.9 Å². The lowest BCUT2D eigenvalue weighted by Crippen LogP contribution is -2.33. The molecule has 0 heterocycles. The second-order valence-electron chi connectivity index (χ2n) is 7.49. The zero-order chi connectivity index (χ0) is 23.5. The van der Waals surface area contributed by atoms with E-state index >= 15 is 0 Å². The Labute approximate surface area is 203 Å². The van der Waals surface area contributed by atoms with Gasteiger partial charge in [0.1, 0.15) is 5.75 Å². The van der Waals surface area contributed by atoms with Crippen molar-refractivity contribution in [2.45, 2.75) is 26.3 Å². The second-order valence-corrected chi connectivity index (χ2v) is 8.41. The molecule has 0 spiro atoms. The molecule has 0 radical (unpaired) electrons. The highest BCUT2D eigenvalue weighted by molar-refractivity contribution is 9.10. The van der Waals surface area contributed by atoms with Crippen LogP contribution in [0.4, 0.5) is 0 Å². The third-order valence-electron chi connectivity index (χ3n) is 5.06. The van der Waals surface area contributed by atoms with Crippen molar-refractivity contribution in [1.29, 1.82) is 0 Å². The molecular formula is C27H28BrNO4. The highest BCUT2D eigenvalue weighted by atomic mass is 79.9. The molecule has 6 heteroatoms. The summed E-state index contributed by atoms with van der Waals surface area (Å²) in [5.41, 5.74) is 2.61. The van der Waals surface area contributed by atoms with Gasteiger partial charge in [-0.3, -0.25) is 9.59 Å². The van der Waals surface area contributed by atoms with Gasteiger partial charge in [-0.05, 0) is 36.2 Å². The summed E-state index contributed by atoms with van der Waals surface area (Å²) in [6, 6.07) is 25.2. The standard InChI is InChI=1S/C27H28BrNO4/c1-2-32-26(30)15-17-29(20-22-11-7-4-8-12-22)27(31)24-19-23(28)13-14-25(24)33-18-16-21-9-5-3-6-10-21/h3-14,19H,2,15-18,20H2,1H3. The highest BCUT2D eigenvalue weighted by Gasteiger charge is 2.22. The quantitative estimate of drug-likeness (QED) is 0.312. The Hall–Kier alpha value is -3.12. The molecule has 3 aromatic carbocycles. The van der Waals surface area contributed by atoms with Gasteiger partial charge >= 0.3 is 5.97 Å². The number of carbonyl (C=O) groups excluding carboxylic acids is 2. The van der Waals surface area contributed by atoms with E-state index in [1.54, 1.807) is 24.0 Å². The molecule has 0 unspecified atom stereocenters. The first kappa shape index (κ1) is 24.5. The maximum absolute atomic E-state index is 13.6. The molecular weight excluding hydrogens is 482 g/mol. The SMILES string of the molecule is CCOC(=O)CCN(Cc1ccccc1)C(=O)c1cc(Br)ccc1OCCc1ccccc1. The predicted molar refractivity (Wildman–Crippen MR) is 132 cm³/mol. The van der Waals surface area contributed by atoms with E-state index in [9.17, 15) is 9.59 Å². The number of halogens is 1. The molecule has 0 atom stereocenters. The van der Waals surface area contributed by atoms with Crippen LogP contribution in [0.3, 0.4) is 0 Å². The Morgan fingerprint density at radius 2 is 1.58 bits per heavy atom. The van der Waals surface area contributed by atoms with Crippen LogP contribution < -0.4 is 4.74 Å². The summed E-state index contributed by atoms with van der Waals surface area (Å²) < 4.78 is 11.9. The van der Waals surface area contributed by atoms with E-state index in [4.69, 9.17) is 9.47 Å². The fraction of sp³-hybridized carbons (Fsp3) is 0.259. The van der Waals surface area contributed by atoms with Gasteiger partial charge in [0, 0.05) is 24.0 Å². The maximum Gasteiger partial charge on any atom is 0.307 e. The Bertz CT molecular complexity index is 1040. The zero-order valence-electron chi connectivity index (χ0n) is 18.7. The van der Waals surface area contributed by atoms with Crippen molar-refractivity contribution in [2.24, 2.45) is 0 Å². The van der Waals surface area contributed by atoms with E-state index in [1.807, 2.05) is 66.7 Å². The largest absolute Gasteiger partial charge is 0.492 e. The Morgan fingerprint density at radius 3 is 2.24 bits per heavy atom. The van der Waals surface area contributed by atoms with Gasteiger partial charge in [-0.1, -0.05) is 76.6 Å². The van der Waals surface area contributed by atoms with Crippen molar-refractivity contribution in [3.63, 3.8) is 0 Å². The normalized spacial score (nSPS) is 10.5. The molecule has 172 valence electrons. The number of ether oxygens (including phenoxy) is 2. The second kappa shape index (κ2) is 12.8. The van der Waals surface area contributed by atoms with Gasteiger partial charge in [0.2, 0.25) is 0 Å². The number of esters is 1. The van der Waals surface area contributed by atoms with Crippen molar-refractivity contribution < 1.29 is 19.1 Å². The van der Waals surface area contributed by atoms with E-state index in [1.165, 1.54) is 5.56 Å². The van der Waals surface area contributed by atoms with Crippen molar-refractivity contribution >= 4 is 27.8 Å². The van der Waals surface area contributed by atoms with Crippen LogP contribution in [0.2, 0.25) is 0 Å². The van der Waals surface area contributed by atoms with Gasteiger partial charge < -0.3 is 14.4 Å². The molecule has 1 amide bonds. The predicted octanol–water partition coefficient (Wildman–Crippen LogP) is 5.67. The zero-order valence-corrected chi connectivity index (χ0v) is 20.3. The lowest BCUT2D eigenvalue weighted by molar-refractivity contribution is -0.143. The number of hydrogen-bond acceptors (Lipinski definition) is 4. The van der Waals surface area contributed by atoms with Gasteiger partial charge in [-0.15, -0.1) is 0 Å². The molecule has 0 fully saturated rings. The third-order valence-corrected chi connectivity index (χ3v) is 5.55. The van der Waals surface area contributed by atoms with Gasteiger partial charge in [-0.25, -0.2) is 0 Å². The fourth-order valence-electron chi connectivity index (χ4n) is 3.40. The summed E-state index contributed by atoms with van der Waals surface area (Å²) in [5.74, 6) is 0.00410. The van der Waals surface area contributed by atoms with Crippen LogP contribution in [0.1, 0.15) is 34.8 Å². The van der Waals surface area contributed by atoms with E-state index in [-0.39, 0.29) is 24.8 Å². The summed E-state index contributed by atoms with van der Waals surface area (Å²) in [4.78, 5) is 27.2. The number of carbonyl (C=O) groups is 2. The van der Waals surface area contributed by atoms with Crippen LogP contribution in [0.5, 0.6) is 5.75 Å². The minimum atomic E-state index is -0.322. The minimum Gasteiger partial charge on any atom is -0.492 e. The Morgan fingerprint density at radius 1 is 0.909 bits per heavy atom. The topological polar surface area (TPSA) is 55.8 Å². The lowest BCUT2D eigenvalue weighted by Gasteiger charge is -2.24. The number of rotatable bonds is 11. The van der Waals surface area contributed by atoms with Crippen LogP contribution in [0.15, 0.2) is 83.3 Å². The van der Waals surface area contributed by atoms with E-state index in [0.717, 1.165) is 16.5 Å². The molecule has 0 N–H and O–H groups in total. The number of hydrogen-bond donors (Lipinski definition) is 0. The molecule has 0 aliphatic rings. The summed E-state index contributed by atoms with van der Waals surface area (Å²) in [5, 5.41) is 0. The average Bonchev–Trinajstić information content (AvgIpc) is 2.83. The maximum atomic E-state index is 13.6. The smallest absolute Gasteiger partial charge is 0.307 e. The fourth-order valence-corrected chi connectivity index (χ4v) is 3.77. The van der Waals surface area contributed by atoms with Crippen LogP contribution in [0, 0.1) is 0 Å². The van der Waals surface area contributed by atoms with Crippen LogP contribution in [0.25, 0.3) is 0 Å². The van der Waals surface area contributed by atoms with Crippen LogP contribution >= 0.6 is 15.9 Å².